The molecule has 102 valence electrons. The molecule has 1 atom stereocenters. The Bertz CT molecular complexity index is 535. The third kappa shape index (κ3) is 4.38. The van der Waals surface area contributed by atoms with Crippen LogP contribution < -0.4 is 5.32 Å². The minimum Gasteiger partial charge on any atom is -0.481 e. The van der Waals surface area contributed by atoms with E-state index in [1.165, 1.54) is 12.1 Å². The largest absolute Gasteiger partial charge is 0.481 e. The van der Waals surface area contributed by atoms with E-state index in [2.05, 4.69) is 4.98 Å². The van der Waals surface area contributed by atoms with Crippen LogP contribution in [0.4, 0.5) is 0 Å². The summed E-state index contributed by atoms with van der Waals surface area (Å²) in [6.45, 7) is 0. The molecule has 1 rings (SSSR count). The third-order valence-corrected chi connectivity index (χ3v) is 2.54. The number of nitrogens with one attached hydrogen (secondary N) is 1. The number of amides is 1. The second-order valence-electron chi connectivity index (χ2n) is 3.43. The van der Waals surface area contributed by atoms with Gasteiger partial charge in [0.25, 0.3) is 5.91 Å². The number of hydrogen-bond donors (Lipinski definition) is 3. The first-order valence-electron chi connectivity index (χ1n) is 4.88. The van der Waals surface area contributed by atoms with Gasteiger partial charge in [-0.1, -0.05) is 23.2 Å². The summed E-state index contributed by atoms with van der Waals surface area (Å²) in [7, 11) is 0. The fraction of sp³-hybridized carbons (Fsp3) is 0.200. The van der Waals surface area contributed by atoms with Gasteiger partial charge < -0.3 is 15.5 Å². The molecule has 1 unspecified atom stereocenters. The molecule has 0 saturated heterocycles. The predicted octanol–water partition coefficient (Wildman–Crippen LogP) is 1.05. The molecule has 1 aromatic rings. The maximum Gasteiger partial charge on any atom is 0.326 e. The van der Waals surface area contributed by atoms with Gasteiger partial charge in [-0.05, 0) is 12.1 Å². The molecule has 0 radical (unpaired) electrons. The van der Waals surface area contributed by atoms with Crippen molar-refractivity contribution in [1.82, 2.24) is 10.3 Å². The molecule has 1 heterocycles. The Morgan fingerprint density at radius 1 is 1.26 bits per heavy atom. The number of carbonyl (C=O) groups is 3. The lowest BCUT2D eigenvalue weighted by molar-refractivity contribution is -0.145. The zero-order valence-electron chi connectivity index (χ0n) is 9.26. The molecule has 0 aliphatic rings. The smallest absolute Gasteiger partial charge is 0.326 e. The van der Waals surface area contributed by atoms with Crippen molar-refractivity contribution in [3.05, 3.63) is 28.0 Å². The molecule has 3 N–H and O–H groups in total. The Labute approximate surface area is 117 Å². The number of carbonyl (C=O) groups excluding carboxylic acids is 1. The SMILES string of the molecule is O=C(O)CC(NC(=O)c1ccc(Cl)nc1Cl)C(=O)O. The van der Waals surface area contributed by atoms with E-state index in [-0.39, 0.29) is 15.9 Å². The van der Waals surface area contributed by atoms with Gasteiger partial charge in [0.1, 0.15) is 16.3 Å². The van der Waals surface area contributed by atoms with Crippen LogP contribution in [0.15, 0.2) is 12.1 Å². The normalized spacial score (nSPS) is 11.7. The number of aliphatic carboxylic acids is 2. The summed E-state index contributed by atoms with van der Waals surface area (Å²) in [4.78, 5) is 36.6. The number of carboxylic acids is 2. The van der Waals surface area contributed by atoms with Crippen molar-refractivity contribution in [2.24, 2.45) is 0 Å². The summed E-state index contributed by atoms with van der Waals surface area (Å²) in [5, 5.41) is 19.2. The first kappa shape index (κ1) is 15.2. The number of rotatable bonds is 5. The molecule has 0 bridgehead atoms. The molecule has 0 saturated carbocycles. The van der Waals surface area contributed by atoms with Crippen molar-refractivity contribution in [2.45, 2.75) is 12.5 Å². The van der Waals surface area contributed by atoms with E-state index in [0.29, 0.717) is 0 Å². The summed E-state index contributed by atoms with van der Waals surface area (Å²) in [6.07, 6.45) is -0.750. The number of nitrogens with zero attached hydrogens (tertiary/aromatic N) is 1. The second-order valence-corrected chi connectivity index (χ2v) is 4.18. The van der Waals surface area contributed by atoms with Crippen LogP contribution in [0, 0.1) is 0 Å². The van der Waals surface area contributed by atoms with Crippen LogP contribution in [0.2, 0.25) is 10.3 Å². The van der Waals surface area contributed by atoms with Gasteiger partial charge in [0.2, 0.25) is 0 Å². The molecule has 0 aliphatic heterocycles. The molecule has 19 heavy (non-hydrogen) atoms. The standard InChI is InChI=1S/C10H8Cl2N2O5/c11-6-2-1-4(8(12)14-6)9(17)13-5(10(18)19)3-7(15)16/h1-2,5H,3H2,(H,13,17)(H,15,16)(H,18,19). The molecule has 0 fully saturated rings. The predicted molar refractivity (Wildman–Crippen MR) is 65.4 cm³/mol. The Kier molecular flexibility index (Phi) is 5.08. The van der Waals surface area contributed by atoms with Crippen molar-refractivity contribution < 1.29 is 24.6 Å². The molecule has 1 amide bonds. The molecular formula is C10H8Cl2N2O5. The Morgan fingerprint density at radius 3 is 2.37 bits per heavy atom. The Morgan fingerprint density at radius 2 is 1.89 bits per heavy atom. The van der Waals surface area contributed by atoms with Gasteiger partial charge in [0, 0.05) is 0 Å². The molecule has 9 heteroatoms. The quantitative estimate of drug-likeness (QED) is 0.700. The van der Waals surface area contributed by atoms with E-state index in [4.69, 9.17) is 33.4 Å². The fourth-order valence-corrected chi connectivity index (χ4v) is 1.62. The van der Waals surface area contributed by atoms with Crippen LogP contribution in [-0.2, 0) is 9.59 Å². The first-order chi connectivity index (χ1) is 8.81. The Hall–Kier alpha value is -1.86. The van der Waals surface area contributed by atoms with E-state index in [1.807, 2.05) is 5.32 Å². The fourth-order valence-electron chi connectivity index (χ4n) is 1.19. The lowest BCUT2D eigenvalue weighted by atomic mass is 10.2. The maximum absolute atomic E-state index is 11.7. The van der Waals surface area contributed by atoms with Crippen molar-refractivity contribution in [1.29, 1.82) is 0 Å². The van der Waals surface area contributed by atoms with Crippen LogP contribution in [0.25, 0.3) is 0 Å². The van der Waals surface area contributed by atoms with Crippen LogP contribution >= 0.6 is 23.2 Å². The summed E-state index contributed by atoms with van der Waals surface area (Å²) >= 11 is 11.2. The van der Waals surface area contributed by atoms with Crippen molar-refractivity contribution in [2.75, 3.05) is 0 Å². The van der Waals surface area contributed by atoms with Crippen LogP contribution in [0.3, 0.4) is 0 Å². The van der Waals surface area contributed by atoms with Gasteiger partial charge in [-0.2, -0.15) is 0 Å². The van der Waals surface area contributed by atoms with Gasteiger partial charge in [0.15, 0.2) is 0 Å². The van der Waals surface area contributed by atoms with Crippen LogP contribution in [-0.4, -0.2) is 39.1 Å². The molecular weight excluding hydrogens is 299 g/mol. The number of pyridine rings is 1. The van der Waals surface area contributed by atoms with Crippen molar-refractivity contribution in [3.8, 4) is 0 Å². The van der Waals surface area contributed by atoms with Gasteiger partial charge in [-0.15, -0.1) is 0 Å². The molecule has 0 aliphatic carbocycles. The first-order valence-corrected chi connectivity index (χ1v) is 5.64. The van der Waals surface area contributed by atoms with Gasteiger partial charge >= 0.3 is 11.9 Å². The highest BCUT2D eigenvalue weighted by molar-refractivity contribution is 6.34. The average Bonchev–Trinajstić information content (AvgIpc) is 2.26. The number of hydrogen-bond acceptors (Lipinski definition) is 4. The molecule has 0 spiro atoms. The van der Waals surface area contributed by atoms with Gasteiger partial charge in [-0.25, -0.2) is 9.78 Å². The minimum atomic E-state index is -1.56. The maximum atomic E-state index is 11.7. The van der Waals surface area contributed by atoms with E-state index in [1.54, 1.807) is 0 Å². The highest BCUT2D eigenvalue weighted by Crippen LogP contribution is 2.16. The van der Waals surface area contributed by atoms with Crippen LogP contribution in [0.5, 0.6) is 0 Å². The lowest BCUT2D eigenvalue weighted by Crippen LogP contribution is -2.42. The highest BCUT2D eigenvalue weighted by Gasteiger charge is 2.24. The zero-order valence-corrected chi connectivity index (χ0v) is 10.8. The number of halogens is 2. The lowest BCUT2D eigenvalue weighted by Gasteiger charge is -2.12. The topological polar surface area (TPSA) is 117 Å². The van der Waals surface area contributed by atoms with E-state index in [9.17, 15) is 14.4 Å². The third-order valence-electron chi connectivity index (χ3n) is 2.04. The summed E-state index contributed by atoms with van der Waals surface area (Å²) in [5.74, 6) is -3.66. The van der Waals surface area contributed by atoms with Gasteiger partial charge in [0.05, 0.1) is 12.0 Å². The van der Waals surface area contributed by atoms with Crippen molar-refractivity contribution >= 4 is 41.0 Å². The molecule has 0 aromatic carbocycles. The molecule has 1 aromatic heterocycles. The minimum absolute atomic E-state index is 0.0712. The second kappa shape index (κ2) is 6.35. The van der Waals surface area contributed by atoms with Crippen molar-refractivity contribution in [3.63, 3.8) is 0 Å². The Balaban J connectivity index is 2.87. The van der Waals surface area contributed by atoms with Gasteiger partial charge in [-0.3, -0.25) is 9.59 Å². The average molecular weight is 307 g/mol. The monoisotopic (exact) mass is 306 g/mol. The molecule has 7 nitrogen and oxygen atoms in total. The van der Waals surface area contributed by atoms with E-state index in [0.717, 1.165) is 0 Å². The van der Waals surface area contributed by atoms with E-state index < -0.39 is 30.3 Å². The highest BCUT2D eigenvalue weighted by atomic mass is 35.5. The summed E-state index contributed by atoms with van der Waals surface area (Å²) in [5.41, 5.74) is -0.0947. The number of aromatic nitrogens is 1. The summed E-state index contributed by atoms with van der Waals surface area (Å²) < 4.78 is 0. The zero-order chi connectivity index (χ0) is 14.6. The van der Waals surface area contributed by atoms with Crippen LogP contribution in [0.1, 0.15) is 16.8 Å². The van der Waals surface area contributed by atoms with E-state index >= 15 is 0 Å². The number of carboxylic acid groups (broad SMARTS) is 2. The summed E-state index contributed by atoms with van der Waals surface area (Å²) in [6, 6.07) is 0.999.